The Balaban J connectivity index is 2.95. The minimum Gasteiger partial charge on any atom is -0.393 e. The van der Waals surface area contributed by atoms with Crippen molar-refractivity contribution in [3.63, 3.8) is 0 Å². The molecule has 1 saturated heterocycles. The van der Waals surface area contributed by atoms with E-state index in [0.29, 0.717) is 0 Å². The molecule has 3 atom stereocenters. The lowest BCUT2D eigenvalue weighted by Gasteiger charge is -2.30. The summed E-state index contributed by atoms with van der Waals surface area (Å²) in [6.45, 7) is 10.1. The first kappa shape index (κ1) is 15.2. The maximum Gasteiger partial charge on any atom is 0.320 e. The van der Waals surface area contributed by atoms with Crippen molar-refractivity contribution in [1.29, 1.82) is 0 Å². The van der Waals surface area contributed by atoms with Crippen LogP contribution in [-0.2, 0) is 19.1 Å². The number of carbonyl (C=O) groups is 2. The molecular formula is C14H24O4. The molecule has 4 heteroatoms. The SMILES string of the molecule is COC(CC(C)(C)C)C1C(=O)OC(=O)C1C(C)C. The minimum atomic E-state index is -0.471. The van der Waals surface area contributed by atoms with Gasteiger partial charge in [-0.05, 0) is 17.8 Å². The van der Waals surface area contributed by atoms with Crippen molar-refractivity contribution in [1.82, 2.24) is 0 Å². The molecule has 0 aromatic heterocycles. The number of esters is 2. The van der Waals surface area contributed by atoms with Crippen LogP contribution in [0.5, 0.6) is 0 Å². The number of carbonyl (C=O) groups excluding carboxylic acids is 2. The largest absolute Gasteiger partial charge is 0.393 e. The van der Waals surface area contributed by atoms with Gasteiger partial charge in [0, 0.05) is 7.11 Å². The first-order valence-corrected chi connectivity index (χ1v) is 6.45. The average molecular weight is 256 g/mol. The van der Waals surface area contributed by atoms with E-state index in [2.05, 4.69) is 20.8 Å². The summed E-state index contributed by atoms with van der Waals surface area (Å²) in [6.07, 6.45) is 0.455. The van der Waals surface area contributed by atoms with Gasteiger partial charge in [-0.15, -0.1) is 0 Å². The van der Waals surface area contributed by atoms with Crippen molar-refractivity contribution in [2.45, 2.75) is 47.1 Å². The molecule has 0 aromatic rings. The third kappa shape index (κ3) is 3.31. The molecule has 0 saturated carbocycles. The van der Waals surface area contributed by atoms with E-state index >= 15 is 0 Å². The summed E-state index contributed by atoms with van der Waals surface area (Å²) in [7, 11) is 1.59. The normalized spacial score (nSPS) is 26.6. The van der Waals surface area contributed by atoms with Crippen LogP contribution in [0, 0.1) is 23.2 Å². The van der Waals surface area contributed by atoms with Gasteiger partial charge in [0.1, 0.15) is 0 Å². The first-order valence-electron chi connectivity index (χ1n) is 6.45. The summed E-state index contributed by atoms with van der Waals surface area (Å²) in [4.78, 5) is 23.6. The monoisotopic (exact) mass is 256 g/mol. The lowest BCUT2D eigenvalue weighted by molar-refractivity contribution is -0.155. The fourth-order valence-corrected chi connectivity index (χ4v) is 2.56. The third-order valence-electron chi connectivity index (χ3n) is 3.37. The lowest BCUT2D eigenvalue weighted by atomic mass is 9.77. The number of cyclic esters (lactones) is 2. The zero-order valence-electron chi connectivity index (χ0n) is 12.1. The van der Waals surface area contributed by atoms with E-state index in [4.69, 9.17) is 9.47 Å². The summed E-state index contributed by atoms with van der Waals surface area (Å²) in [5.74, 6) is -1.62. The van der Waals surface area contributed by atoms with Gasteiger partial charge in [-0.2, -0.15) is 0 Å². The van der Waals surface area contributed by atoms with Crippen LogP contribution in [0.3, 0.4) is 0 Å². The van der Waals surface area contributed by atoms with E-state index in [1.54, 1.807) is 7.11 Å². The van der Waals surface area contributed by atoms with Crippen molar-refractivity contribution < 1.29 is 19.1 Å². The Labute approximate surface area is 109 Å². The third-order valence-corrected chi connectivity index (χ3v) is 3.37. The standard InChI is InChI=1S/C14H24O4/c1-8(2)10-11(13(16)18-12(10)15)9(17-6)7-14(3,4)5/h8-11H,7H2,1-6H3. The van der Waals surface area contributed by atoms with Crippen molar-refractivity contribution >= 4 is 11.9 Å². The van der Waals surface area contributed by atoms with Crippen LogP contribution in [0.15, 0.2) is 0 Å². The molecule has 1 aliphatic heterocycles. The smallest absolute Gasteiger partial charge is 0.320 e. The van der Waals surface area contributed by atoms with E-state index in [0.717, 1.165) is 6.42 Å². The summed E-state index contributed by atoms with van der Waals surface area (Å²) < 4.78 is 10.2. The maximum atomic E-state index is 11.9. The molecule has 4 nitrogen and oxygen atoms in total. The van der Waals surface area contributed by atoms with Gasteiger partial charge in [0.15, 0.2) is 0 Å². The second-order valence-electron chi connectivity index (χ2n) is 6.57. The van der Waals surface area contributed by atoms with Crippen LogP contribution in [-0.4, -0.2) is 25.2 Å². The van der Waals surface area contributed by atoms with Crippen LogP contribution >= 0.6 is 0 Å². The minimum absolute atomic E-state index is 0.0358. The molecule has 1 aliphatic rings. The summed E-state index contributed by atoms with van der Waals surface area (Å²) in [5, 5.41) is 0. The van der Waals surface area contributed by atoms with Crippen molar-refractivity contribution in [2.24, 2.45) is 23.2 Å². The lowest BCUT2D eigenvalue weighted by Crippen LogP contribution is -2.37. The second-order valence-corrected chi connectivity index (χ2v) is 6.57. The molecule has 0 radical (unpaired) electrons. The predicted molar refractivity (Wildman–Crippen MR) is 67.8 cm³/mol. The van der Waals surface area contributed by atoms with Crippen LogP contribution in [0.25, 0.3) is 0 Å². The van der Waals surface area contributed by atoms with E-state index in [9.17, 15) is 9.59 Å². The van der Waals surface area contributed by atoms with E-state index in [1.807, 2.05) is 13.8 Å². The van der Waals surface area contributed by atoms with E-state index < -0.39 is 17.9 Å². The molecule has 3 unspecified atom stereocenters. The molecule has 0 aromatic carbocycles. The molecule has 0 aliphatic carbocycles. The Morgan fingerprint density at radius 3 is 2.06 bits per heavy atom. The fourth-order valence-electron chi connectivity index (χ4n) is 2.56. The molecule has 1 rings (SSSR count). The van der Waals surface area contributed by atoms with Crippen molar-refractivity contribution in [2.75, 3.05) is 7.11 Å². The highest BCUT2D eigenvalue weighted by Crippen LogP contribution is 2.37. The zero-order chi connectivity index (χ0) is 14.1. The summed E-state index contributed by atoms with van der Waals surface area (Å²) >= 11 is 0. The topological polar surface area (TPSA) is 52.6 Å². The molecule has 1 heterocycles. The van der Waals surface area contributed by atoms with Crippen LogP contribution in [0.2, 0.25) is 0 Å². The van der Waals surface area contributed by atoms with Gasteiger partial charge in [0.25, 0.3) is 0 Å². The maximum absolute atomic E-state index is 11.9. The number of hydrogen-bond donors (Lipinski definition) is 0. The molecule has 18 heavy (non-hydrogen) atoms. The predicted octanol–water partition coefficient (Wildman–Crippen LogP) is 2.41. The van der Waals surface area contributed by atoms with Gasteiger partial charge in [-0.3, -0.25) is 9.59 Å². The molecule has 0 amide bonds. The Morgan fingerprint density at radius 1 is 1.17 bits per heavy atom. The van der Waals surface area contributed by atoms with Gasteiger partial charge >= 0.3 is 11.9 Å². The highest BCUT2D eigenvalue weighted by molar-refractivity contribution is 5.96. The highest BCUT2D eigenvalue weighted by Gasteiger charge is 2.50. The molecule has 0 spiro atoms. The molecule has 0 bridgehead atoms. The summed E-state index contributed by atoms with van der Waals surface area (Å²) in [6, 6.07) is 0. The van der Waals surface area contributed by atoms with E-state index in [-0.39, 0.29) is 23.4 Å². The Hall–Kier alpha value is -0.900. The highest BCUT2D eigenvalue weighted by atomic mass is 16.6. The van der Waals surface area contributed by atoms with Gasteiger partial charge in [-0.25, -0.2) is 0 Å². The summed E-state index contributed by atoms with van der Waals surface area (Å²) in [5.41, 5.74) is 0.0358. The zero-order valence-corrected chi connectivity index (χ0v) is 12.1. The van der Waals surface area contributed by atoms with Crippen LogP contribution in [0.1, 0.15) is 41.0 Å². The quantitative estimate of drug-likeness (QED) is 0.572. The van der Waals surface area contributed by atoms with E-state index in [1.165, 1.54) is 0 Å². The fraction of sp³-hybridized carbons (Fsp3) is 0.857. The van der Waals surface area contributed by atoms with Crippen LogP contribution < -0.4 is 0 Å². The van der Waals surface area contributed by atoms with Gasteiger partial charge < -0.3 is 9.47 Å². The first-order chi connectivity index (χ1) is 8.17. The Kier molecular flexibility index (Phi) is 4.54. The van der Waals surface area contributed by atoms with Crippen molar-refractivity contribution in [3.8, 4) is 0 Å². The molecular weight excluding hydrogens is 232 g/mol. The van der Waals surface area contributed by atoms with Gasteiger partial charge in [0.2, 0.25) is 0 Å². The van der Waals surface area contributed by atoms with Gasteiger partial charge in [0.05, 0.1) is 17.9 Å². The molecule has 0 N–H and O–H groups in total. The molecule has 1 fully saturated rings. The van der Waals surface area contributed by atoms with Crippen LogP contribution in [0.4, 0.5) is 0 Å². The second kappa shape index (κ2) is 5.39. The Bertz CT molecular complexity index is 327. The Morgan fingerprint density at radius 2 is 1.67 bits per heavy atom. The number of methoxy groups -OCH3 is 1. The number of rotatable bonds is 4. The average Bonchev–Trinajstić information content (AvgIpc) is 2.48. The van der Waals surface area contributed by atoms with Gasteiger partial charge in [-0.1, -0.05) is 34.6 Å². The van der Waals surface area contributed by atoms with Crippen molar-refractivity contribution in [3.05, 3.63) is 0 Å². The number of ether oxygens (including phenoxy) is 2. The number of hydrogen-bond acceptors (Lipinski definition) is 4. The molecule has 104 valence electrons.